The lowest BCUT2D eigenvalue weighted by molar-refractivity contribution is 0.235. The van der Waals surface area contributed by atoms with Crippen LogP contribution in [-0.4, -0.2) is 30.8 Å². The van der Waals surface area contributed by atoms with Gasteiger partial charge in [0.15, 0.2) is 0 Å². The van der Waals surface area contributed by atoms with E-state index >= 15 is 0 Å². The first-order valence-electron chi connectivity index (χ1n) is 7.61. The third kappa shape index (κ3) is 3.10. The van der Waals surface area contributed by atoms with Gasteiger partial charge in [-0.3, -0.25) is 4.68 Å². The molecule has 0 bridgehead atoms. The van der Waals surface area contributed by atoms with Crippen molar-refractivity contribution in [3.63, 3.8) is 0 Å². The first kappa shape index (κ1) is 14.6. The van der Waals surface area contributed by atoms with E-state index in [0.29, 0.717) is 6.54 Å². The summed E-state index contributed by atoms with van der Waals surface area (Å²) in [5, 5.41) is 18.6. The van der Waals surface area contributed by atoms with Crippen LogP contribution in [0.4, 0.5) is 4.79 Å². The van der Waals surface area contributed by atoms with E-state index in [2.05, 4.69) is 25.9 Å². The fourth-order valence-electron chi connectivity index (χ4n) is 2.76. The van der Waals surface area contributed by atoms with Crippen LogP contribution < -0.4 is 10.6 Å². The molecule has 1 aliphatic carbocycles. The normalized spacial score (nSPS) is 17.1. The average molecular weight is 303 g/mol. The molecule has 118 valence electrons. The molecule has 2 heterocycles. The molecule has 22 heavy (non-hydrogen) atoms. The van der Waals surface area contributed by atoms with E-state index in [-0.39, 0.29) is 12.1 Å². The molecule has 8 heteroatoms. The minimum atomic E-state index is -0.187. The molecule has 2 aromatic rings. The van der Waals surface area contributed by atoms with Crippen LogP contribution in [0.3, 0.4) is 0 Å². The number of urea groups is 1. The van der Waals surface area contributed by atoms with Crippen molar-refractivity contribution in [2.45, 2.75) is 45.3 Å². The number of carbonyl (C=O) groups is 1. The quantitative estimate of drug-likeness (QED) is 0.878. The zero-order chi connectivity index (χ0) is 15.5. The molecule has 8 nitrogen and oxygen atoms in total. The number of aryl methyl sites for hydroxylation is 3. The number of hydrogen-bond acceptors (Lipinski definition) is 4. The third-order valence-electron chi connectivity index (χ3n) is 3.82. The van der Waals surface area contributed by atoms with Crippen molar-refractivity contribution in [3.8, 4) is 0 Å². The highest BCUT2D eigenvalue weighted by atomic mass is 16.2. The largest absolute Gasteiger partial charge is 0.332 e. The summed E-state index contributed by atoms with van der Waals surface area (Å²) in [6.45, 7) is 3.06. The fourth-order valence-corrected chi connectivity index (χ4v) is 2.76. The highest BCUT2D eigenvalue weighted by molar-refractivity contribution is 5.74. The number of rotatable bonds is 4. The van der Waals surface area contributed by atoms with Crippen molar-refractivity contribution < 1.29 is 4.79 Å². The Morgan fingerprint density at radius 3 is 3.09 bits per heavy atom. The van der Waals surface area contributed by atoms with Crippen LogP contribution in [0.2, 0.25) is 0 Å². The molecule has 0 radical (unpaired) electrons. The standard InChI is InChI=1S/C14H21N7O/c1-3-21-16-8-10(18-21)7-15-14(22)17-12-5-4-6-13-11(12)9-20(2)19-13/h8-9,12H,3-7H2,1-2H3,(H2,15,17,22)/t12-/m0/s1. The second-order valence-electron chi connectivity index (χ2n) is 5.50. The zero-order valence-corrected chi connectivity index (χ0v) is 12.9. The molecule has 0 spiro atoms. The summed E-state index contributed by atoms with van der Waals surface area (Å²) in [6, 6.07) is -0.156. The van der Waals surface area contributed by atoms with Gasteiger partial charge in [0.25, 0.3) is 0 Å². The Morgan fingerprint density at radius 1 is 1.45 bits per heavy atom. The van der Waals surface area contributed by atoms with E-state index in [9.17, 15) is 4.79 Å². The van der Waals surface area contributed by atoms with Crippen LogP contribution in [0.15, 0.2) is 12.4 Å². The highest BCUT2D eigenvalue weighted by Crippen LogP contribution is 2.28. The molecule has 0 aliphatic heterocycles. The van der Waals surface area contributed by atoms with Gasteiger partial charge in [0.05, 0.1) is 31.0 Å². The van der Waals surface area contributed by atoms with E-state index in [1.54, 1.807) is 11.0 Å². The summed E-state index contributed by atoms with van der Waals surface area (Å²) in [4.78, 5) is 13.7. The summed E-state index contributed by atoms with van der Waals surface area (Å²) < 4.78 is 1.81. The summed E-state index contributed by atoms with van der Waals surface area (Å²) in [6.07, 6.45) is 6.63. The van der Waals surface area contributed by atoms with Gasteiger partial charge in [-0.2, -0.15) is 20.1 Å². The zero-order valence-electron chi connectivity index (χ0n) is 12.9. The molecule has 2 amide bonds. The molecule has 0 fully saturated rings. The molecule has 2 aromatic heterocycles. The number of amides is 2. The van der Waals surface area contributed by atoms with Gasteiger partial charge in [-0.1, -0.05) is 0 Å². The first-order chi connectivity index (χ1) is 10.7. The highest BCUT2D eigenvalue weighted by Gasteiger charge is 2.24. The lowest BCUT2D eigenvalue weighted by Crippen LogP contribution is -2.38. The maximum Gasteiger partial charge on any atom is 0.315 e. The minimum Gasteiger partial charge on any atom is -0.332 e. The van der Waals surface area contributed by atoms with Crippen molar-refractivity contribution >= 4 is 6.03 Å². The number of fused-ring (bicyclic) bond motifs is 1. The van der Waals surface area contributed by atoms with Crippen LogP contribution in [0.25, 0.3) is 0 Å². The van der Waals surface area contributed by atoms with Crippen LogP contribution in [0.5, 0.6) is 0 Å². The van der Waals surface area contributed by atoms with Gasteiger partial charge >= 0.3 is 6.03 Å². The molecular weight excluding hydrogens is 282 g/mol. The second-order valence-corrected chi connectivity index (χ2v) is 5.50. The Labute approximate surface area is 128 Å². The molecule has 3 rings (SSSR count). The van der Waals surface area contributed by atoms with Crippen molar-refractivity contribution in [2.75, 3.05) is 0 Å². The Balaban J connectivity index is 1.56. The van der Waals surface area contributed by atoms with Gasteiger partial charge in [-0.25, -0.2) is 4.79 Å². The maximum atomic E-state index is 12.1. The number of nitrogens with zero attached hydrogens (tertiary/aromatic N) is 5. The molecule has 1 atom stereocenters. The average Bonchev–Trinajstić information content (AvgIpc) is 3.11. The monoisotopic (exact) mass is 303 g/mol. The van der Waals surface area contributed by atoms with E-state index < -0.39 is 0 Å². The Morgan fingerprint density at radius 2 is 2.32 bits per heavy atom. The molecule has 0 saturated carbocycles. The van der Waals surface area contributed by atoms with Gasteiger partial charge in [-0.05, 0) is 26.2 Å². The van der Waals surface area contributed by atoms with E-state index in [1.807, 2.05) is 24.9 Å². The topological polar surface area (TPSA) is 89.7 Å². The molecule has 0 aromatic carbocycles. The van der Waals surface area contributed by atoms with Crippen molar-refractivity contribution in [1.82, 2.24) is 35.4 Å². The van der Waals surface area contributed by atoms with Crippen molar-refractivity contribution in [3.05, 3.63) is 29.3 Å². The molecule has 0 saturated heterocycles. The Bertz CT molecular complexity index is 660. The van der Waals surface area contributed by atoms with Gasteiger partial charge in [0, 0.05) is 18.8 Å². The van der Waals surface area contributed by atoms with E-state index in [4.69, 9.17) is 0 Å². The maximum absolute atomic E-state index is 12.1. The predicted molar refractivity (Wildman–Crippen MR) is 80.0 cm³/mol. The van der Waals surface area contributed by atoms with Crippen LogP contribution in [0.1, 0.15) is 42.8 Å². The summed E-state index contributed by atoms with van der Waals surface area (Å²) in [5.41, 5.74) is 2.97. The van der Waals surface area contributed by atoms with Gasteiger partial charge in [0.1, 0.15) is 5.69 Å². The van der Waals surface area contributed by atoms with Crippen molar-refractivity contribution in [1.29, 1.82) is 0 Å². The van der Waals surface area contributed by atoms with Crippen LogP contribution >= 0.6 is 0 Å². The SMILES string of the molecule is CCn1ncc(CNC(=O)N[C@H]2CCCc3nn(C)cc32)n1. The van der Waals surface area contributed by atoms with Gasteiger partial charge < -0.3 is 10.6 Å². The number of aromatic nitrogens is 5. The lowest BCUT2D eigenvalue weighted by atomic mass is 9.93. The molecule has 1 aliphatic rings. The molecular formula is C14H21N7O. The van der Waals surface area contributed by atoms with E-state index in [1.165, 1.54) is 0 Å². The van der Waals surface area contributed by atoms with E-state index in [0.717, 1.165) is 42.8 Å². The third-order valence-corrected chi connectivity index (χ3v) is 3.82. The van der Waals surface area contributed by atoms with Crippen LogP contribution in [0, 0.1) is 0 Å². The second kappa shape index (κ2) is 6.17. The summed E-state index contributed by atoms with van der Waals surface area (Å²) >= 11 is 0. The summed E-state index contributed by atoms with van der Waals surface area (Å²) in [7, 11) is 1.91. The number of nitrogens with one attached hydrogen (secondary N) is 2. The fraction of sp³-hybridized carbons (Fsp3) is 0.571. The molecule has 2 N–H and O–H groups in total. The molecule has 0 unspecified atom stereocenters. The first-order valence-corrected chi connectivity index (χ1v) is 7.61. The summed E-state index contributed by atoms with van der Waals surface area (Å²) in [5.74, 6) is 0. The van der Waals surface area contributed by atoms with Crippen LogP contribution in [-0.2, 0) is 26.6 Å². The Kier molecular flexibility index (Phi) is 4.08. The van der Waals surface area contributed by atoms with Gasteiger partial charge in [0.2, 0.25) is 0 Å². The lowest BCUT2D eigenvalue weighted by Gasteiger charge is -2.22. The van der Waals surface area contributed by atoms with Gasteiger partial charge in [-0.15, -0.1) is 0 Å². The van der Waals surface area contributed by atoms with Crippen molar-refractivity contribution in [2.24, 2.45) is 7.05 Å². The number of carbonyl (C=O) groups excluding carboxylic acids is 1. The smallest absolute Gasteiger partial charge is 0.315 e. The Hall–Kier alpha value is -2.38. The number of hydrogen-bond donors (Lipinski definition) is 2. The predicted octanol–water partition coefficient (Wildman–Crippen LogP) is 0.908. The minimum absolute atomic E-state index is 0.0313.